The standard InChI is InChI=1S/C20H52O8Si5/c1-13-17-21-29(5,6)25-33(26-30(7,8)22-18-14-2,27-31(9,10)23-19-15-3)28-32(11,12)24-20-16-4/h13-20H2,1-12H3. The van der Waals surface area contributed by atoms with Gasteiger partial charge in [-0.2, -0.15) is 0 Å². The molecule has 0 atom stereocenters. The average Bonchev–Trinajstić information content (AvgIpc) is 2.66. The van der Waals surface area contributed by atoms with Gasteiger partial charge in [-0.1, -0.05) is 27.7 Å². The van der Waals surface area contributed by atoms with Crippen molar-refractivity contribution in [3.8, 4) is 0 Å². The molecule has 0 amide bonds. The summed E-state index contributed by atoms with van der Waals surface area (Å²) in [5, 5.41) is 0. The second-order valence-electron chi connectivity index (χ2n) is 9.90. The van der Waals surface area contributed by atoms with Gasteiger partial charge in [0.1, 0.15) is 0 Å². The molecule has 0 aromatic carbocycles. The molecule has 0 aromatic rings. The van der Waals surface area contributed by atoms with E-state index in [9.17, 15) is 0 Å². The summed E-state index contributed by atoms with van der Waals surface area (Å²) >= 11 is 0. The van der Waals surface area contributed by atoms with E-state index in [0.717, 1.165) is 25.7 Å². The van der Waals surface area contributed by atoms with E-state index < -0.39 is 43.3 Å². The van der Waals surface area contributed by atoms with Crippen molar-refractivity contribution in [2.45, 2.75) is 106 Å². The van der Waals surface area contributed by atoms with Gasteiger partial charge in [-0.15, -0.1) is 0 Å². The van der Waals surface area contributed by atoms with E-state index in [1.54, 1.807) is 0 Å². The topological polar surface area (TPSA) is 73.8 Å². The summed E-state index contributed by atoms with van der Waals surface area (Å²) in [4.78, 5) is 0. The van der Waals surface area contributed by atoms with Crippen LogP contribution in [0.15, 0.2) is 0 Å². The first-order valence-corrected chi connectivity index (χ1v) is 25.3. The van der Waals surface area contributed by atoms with Gasteiger partial charge in [0.15, 0.2) is 0 Å². The van der Waals surface area contributed by atoms with E-state index in [4.69, 9.17) is 34.2 Å². The highest BCUT2D eigenvalue weighted by Gasteiger charge is 2.60. The van der Waals surface area contributed by atoms with Crippen LogP contribution in [-0.2, 0) is 34.2 Å². The van der Waals surface area contributed by atoms with E-state index in [-0.39, 0.29) is 0 Å². The summed E-state index contributed by atoms with van der Waals surface area (Å²) in [5.74, 6) is 0. The molecule has 0 bridgehead atoms. The molecule has 0 fully saturated rings. The second-order valence-corrected chi connectivity index (χ2v) is 26.5. The van der Waals surface area contributed by atoms with E-state index in [2.05, 4.69) is 27.7 Å². The van der Waals surface area contributed by atoms with Gasteiger partial charge in [0.05, 0.1) is 0 Å². The Morgan fingerprint density at radius 1 is 0.364 bits per heavy atom. The monoisotopic (exact) mass is 560 g/mol. The van der Waals surface area contributed by atoms with E-state index in [1.165, 1.54) is 0 Å². The quantitative estimate of drug-likeness (QED) is 0.168. The van der Waals surface area contributed by atoms with Crippen LogP contribution in [0.2, 0.25) is 52.4 Å². The number of hydrogen-bond acceptors (Lipinski definition) is 8. The van der Waals surface area contributed by atoms with Crippen LogP contribution >= 0.6 is 0 Å². The lowest BCUT2D eigenvalue weighted by atomic mass is 10.5. The normalized spacial score (nSPS) is 14.2. The van der Waals surface area contributed by atoms with Crippen LogP contribution in [0, 0.1) is 0 Å². The van der Waals surface area contributed by atoms with Crippen molar-refractivity contribution in [3.05, 3.63) is 0 Å². The van der Waals surface area contributed by atoms with Crippen molar-refractivity contribution in [2.75, 3.05) is 26.4 Å². The van der Waals surface area contributed by atoms with Gasteiger partial charge in [-0.25, -0.2) is 0 Å². The highest BCUT2D eigenvalue weighted by Crippen LogP contribution is 2.31. The second kappa shape index (κ2) is 15.1. The molecule has 0 rings (SSSR count). The van der Waals surface area contributed by atoms with Crippen LogP contribution in [0.1, 0.15) is 53.4 Å². The van der Waals surface area contributed by atoms with Gasteiger partial charge in [0, 0.05) is 26.4 Å². The van der Waals surface area contributed by atoms with Crippen LogP contribution in [-0.4, -0.2) is 69.7 Å². The third kappa shape index (κ3) is 15.5. The Kier molecular flexibility index (Phi) is 15.5. The van der Waals surface area contributed by atoms with Crippen LogP contribution in [0.5, 0.6) is 0 Å². The van der Waals surface area contributed by atoms with Crippen LogP contribution in [0.25, 0.3) is 0 Å². The molecule has 0 aliphatic rings. The highest BCUT2D eigenvalue weighted by atomic mass is 28.6. The highest BCUT2D eigenvalue weighted by molar-refractivity contribution is 6.88. The molecule has 0 heterocycles. The predicted molar refractivity (Wildman–Crippen MR) is 145 cm³/mol. The molecule has 0 unspecified atom stereocenters. The largest absolute Gasteiger partial charge is 0.643 e. The maximum Gasteiger partial charge on any atom is 0.643 e. The molecule has 0 aromatic heterocycles. The number of hydrogen-bond donors (Lipinski definition) is 0. The van der Waals surface area contributed by atoms with Gasteiger partial charge in [-0.3, -0.25) is 0 Å². The van der Waals surface area contributed by atoms with Gasteiger partial charge in [0.25, 0.3) is 0 Å². The van der Waals surface area contributed by atoms with Crippen LogP contribution in [0.4, 0.5) is 0 Å². The smallest absolute Gasteiger partial charge is 0.395 e. The minimum Gasteiger partial charge on any atom is -0.395 e. The fraction of sp³-hybridized carbons (Fsp3) is 1.00. The van der Waals surface area contributed by atoms with Crippen molar-refractivity contribution in [1.82, 2.24) is 0 Å². The molecule has 0 spiro atoms. The molecule has 13 heteroatoms. The zero-order valence-electron chi connectivity index (χ0n) is 23.4. The predicted octanol–water partition coefficient (Wildman–Crippen LogP) is 6.00. The zero-order chi connectivity index (χ0) is 25.8. The van der Waals surface area contributed by atoms with Crippen molar-refractivity contribution < 1.29 is 34.2 Å². The van der Waals surface area contributed by atoms with Crippen molar-refractivity contribution in [2.24, 2.45) is 0 Å². The SMILES string of the molecule is CCCO[Si](C)(C)O[Si](O[Si](C)(C)OCCC)(O[Si](C)(C)OCCC)O[Si](C)(C)OCCC. The third-order valence-corrected chi connectivity index (χ3v) is 19.6. The molecule has 0 N–H and O–H groups in total. The zero-order valence-corrected chi connectivity index (χ0v) is 28.4. The van der Waals surface area contributed by atoms with E-state index in [1.807, 2.05) is 52.4 Å². The molecule has 200 valence electrons. The van der Waals surface area contributed by atoms with Gasteiger partial charge < -0.3 is 34.2 Å². The average molecular weight is 561 g/mol. The fourth-order valence-corrected chi connectivity index (χ4v) is 19.4. The first kappa shape index (κ1) is 33.8. The maximum absolute atomic E-state index is 6.73. The van der Waals surface area contributed by atoms with Gasteiger partial charge >= 0.3 is 43.3 Å². The summed E-state index contributed by atoms with van der Waals surface area (Å²) in [6.07, 6.45) is 3.60. The molecule has 33 heavy (non-hydrogen) atoms. The lowest BCUT2D eigenvalue weighted by Crippen LogP contribution is -2.68. The molecule has 0 aliphatic carbocycles. The van der Waals surface area contributed by atoms with Crippen molar-refractivity contribution in [3.63, 3.8) is 0 Å². The summed E-state index contributed by atoms with van der Waals surface area (Å²) in [7, 11) is -14.5. The molecule has 0 radical (unpaired) electrons. The van der Waals surface area contributed by atoms with Crippen molar-refractivity contribution >= 4 is 43.3 Å². The summed E-state index contributed by atoms with van der Waals surface area (Å²) in [5.41, 5.74) is 0. The van der Waals surface area contributed by atoms with E-state index >= 15 is 0 Å². The maximum atomic E-state index is 6.73. The molecular weight excluding hydrogens is 509 g/mol. The minimum atomic E-state index is -3.79. The van der Waals surface area contributed by atoms with Crippen LogP contribution < -0.4 is 0 Å². The van der Waals surface area contributed by atoms with Gasteiger partial charge in [0.2, 0.25) is 0 Å². The number of rotatable bonds is 20. The summed E-state index contributed by atoms with van der Waals surface area (Å²) in [6, 6.07) is 0. The van der Waals surface area contributed by atoms with Gasteiger partial charge in [-0.05, 0) is 78.1 Å². The summed E-state index contributed by atoms with van der Waals surface area (Å²) in [6.45, 7) is 26.8. The molecule has 8 nitrogen and oxygen atoms in total. The Morgan fingerprint density at radius 3 is 0.697 bits per heavy atom. The summed E-state index contributed by atoms with van der Waals surface area (Å²) < 4.78 is 51.5. The Balaban J connectivity index is 6.34. The fourth-order valence-electron chi connectivity index (χ4n) is 2.84. The first-order chi connectivity index (χ1) is 15.1. The Bertz CT molecular complexity index is 441. The lowest BCUT2D eigenvalue weighted by molar-refractivity contribution is 0.0689. The minimum absolute atomic E-state index is 0.608. The Labute approximate surface area is 209 Å². The Hall–Kier alpha value is 0.764. The molecular formula is C20H52O8Si5. The van der Waals surface area contributed by atoms with Crippen molar-refractivity contribution in [1.29, 1.82) is 0 Å². The lowest BCUT2D eigenvalue weighted by Gasteiger charge is -2.44. The van der Waals surface area contributed by atoms with Crippen LogP contribution in [0.3, 0.4) is 0 Å². The Morgan fingerprint density at radius 2 is 0.545 bits per heavy atom. The van der Waals surface area contributed by atoms with E-state index in [0.29, 0.717) is 26.4 Å². The third-order valence-electron chi connectivity index (χ3n) is 4.10. The molecule has 0 saturated heterocycles. The molecule has 0 saturated carbocycles. The molecule has 0 aliphatic heterocycles. The first-order valence-electron chi connectivity index (χ1n) is 12.4.